The second-order valence-corrected chi connectivity index (χ2v) is 9.39. The Kier molecular flexibility index (Phi) is 16.0. The van der Waals surface area contributed by atoms with Crippen molar-refractivity contribution in [2.45, 2.75) is 98.4 Å². The Morgan fingerprint density at radius 1 is 0.909 bits per heavy atom. The number of alkyl carbamates (subject to hydrolysis) is 1. The maximum Gasteiger partial charge on any atom is 0.407 e. The quantitative estimate of drug-likeness (QED) is 0.215. The minimum absolute atomic E-state index is 0.110. The molecule has 0 rings (SSSR count). The lowest BCUT2D eigenvalue weighted by Gasteiger charge is -2.32. The molecule has 9 nitrogen and oxygen atoms in total. The molecule has 0 aromatic carbocycles. The molecule has 0 aromatic heterocycles. The SMILES string of the molecule is CCCCCCCCC[C@H](CC(=O)O)C(=O)N[C@H](COC(=O)NCC(=O)OCC)C(C)(C)C. The van der Waals surface area contributed by atoms with Crippen LogP contribution >= 0.6 is 0 Å². The van der Waals surface area contributed by atoms with Crippen molar-refractivity contribution in [3.8, 4) is 0 Å². The fourth-order valence-electron chi connectivity index (χ4n) is 3.25. The normalized spacial score (nSPS) is 13.0. The summed E-state index contributed by atoms with van der Waals surface area (Å²) in [7, 11) is 0. The van der Waals surface area contributed by atoms with Gasteiger partial charge < -0.3 is 25.2 Å². The standard InChI is InChI=1S/C24H44N2O7/c1-6-8-9-10-11-12-13-14-18(15-20(27)28)22(30)26-19(24(3,4)5)17-33-23(31)25-16-21(29)32-7-2/h18-19H,6-17H2,1-5H3,(H,25,31)(H,26,30)(H,27,28)/t18-,19-/m1/s1. The van der Waals surface area contributed by atoms with Gasteiger partial charge in [-0.15, -0.1) is 0 Å². The maximum absolute atomic E-state index is 12.9. The zero-order chi connectivity index (χ0) is 25.3. The van der Waals surface area contributed by atoms with Crippen molar-refractivity contribution in [2.75, 3.05) is 19.8 Å². The lowest BCUT2D eigenvalue weighted by Crippen LogP contribution is -2.49. The van der Waals surface area contributed by atoms with Crippen molar-refractivity contribution in [3.05, 3.63) is 0 Å². The molecule has 0 heterocycles. The van der Waals surface area contributed by atoms with Crippen LogP contribution in [0.2, 0.25) is 0 Å². The molecule has 0 unspecified atom stereocenters. The number of esters is 1. The summed E-state index contributed by atoms with van der Waals surface area (Å²) >= 11 is 0. The summed E-state index contributed by atoms with van der Waals surface area (Å²) in [6.07, 6.45) is 7.10. The van der Waals surface area contributed by atoms with Gasteiger partial charge in [0.2, 0.25) is 5.91 Å². The summed E-state index contributed by atoms with van der Waals surface area (Å²) in [5.74, 6) is -2.57. The molecule has 0 aromatic rings. The number of rotatable bonds is 17. The van der Waals surface area contributed by atoms with Crippen molar-refractivity contribution >= 4 is 23.9 Å². The van der Waals surface area contributed by atoms with Crippen molar-refractivity contribution in [1.82, 2.24) is 10.6 Å². The number of carbonyl (C=O) groups excluding carboxylic acids is 3. The molecule has 0 spiro atoms. The number of carboxylic acid groups (broad SMARTS) is 1. The lowest BCUT2D eigenvalue weighted by molar-refractivity contribution is -0.142. The molecule has 3 N–H and O–H groups in total. The number of hydrogen-bond donors (Lipinski definition) is 3. The summed E-state index contributed by atoms with van der Waals surface area (Å²) in [4.78, 5) is 47.4. The van der Waals surface area contributed by atoms with Gasteiger partial charge in [-0.2, -0.15) is 0 Å². The summed E-state index contributed by atoms with van der Waals surface area (Å²) in [6, 6.07) is -0.524. The molecule has 0 bridgehead atoms. The van der Waals surface area contributed by atoms with E-state index < -0.39 is 35.4 Å². The number of unbranched alkanes of at least 4 members (excludes halogenated alkanes) is 6. The topological polar surface area (TPSA) is 131 Å². The van der Waals surface area contributed by atoms with Crippen LogP contribution in [-0.2, 0) is 23.9 Å². The van der Waals surface area contributed by atoms with Crippen molar-refractivity contribution in [3.63, 3.8) is 0 Å². The van der Waals surface area contributed by atoms with Crippen LogP contribution in [0.5, 0.6) is 0 Å². The highest BCUT2D eigenvalue weighted by Crippen LogP contribution is 2.22. The van der Waals surface area contributed by atoms with Gasteiger partial charge in [0.25, 0.3) is 0 Å². The smallest absolute Gasteiger partial charge is 0.407 e. The number of amides is 2. The Bertz CT molecular complexity index is 602. The number of carbonyl (C=O) groups is 4. The first kappa shape index (κ1) is 30.7. The molecule has 9 heteroatoms. The maximum atomic E-state index is 12.9. The number of hydrogen-bond acceptors (Lipinski definition) is 6. The van der Waals surface area contributed by atoms with Gasteiger partial charge in [0.1, 0.15) is 13.2 Å². The van der Waals surface area contributed by atoms with Crippen LogP contribution in [0.4, 0.5) is 4.79 Å². The van der Waals surface area contributed by atoms with Crippen LogP contribution in [0.15, 0.2) is 0 Å². The third kappa shape index (κ3) is 16.0. The highest BCUT2D eigenvalue weighted by molar-refractivity contribution is 5.83. The molecule has 0 radical (unpaired) electrons. The predicted octanol–water partition coefficient (Wildman–Crippen LogP) is 4.04. The Labute approximate surface area is 198 Å². The first-order valence-corrected chi connectivity index (χ1v) is 12.1. The Balaban J connectivity index is 4.75. The Morgan fingerprint density at radius 3 is 2.06 bits per heavy atom. The molecular formula is C24H44N2O7. The van der Waals surface area contributed by atoms with E-state index in [1.54, 1.807) is 6.92 Å². The van der Waals surface area contributed by atoms with Crippen LogP contribution < -0.4 is 10.6 Å². The number of aliphatic carboxylic acids is 1. The monoisotopic (exact) mass is 472 g/mol. The largest absolute Gasteiger partial charge is 0.481 e. The van der Waals surface area contributed by atoms with Gasteiger partial charge in [0.15, 0.2) is 0 Å². The summed E-state index contributed by atoms with van der Waals surface area (Å²) in [6.45, 7) is 9.30. The molecule has 192 valence electrons. The fourth-order valence-corrected chi connectivity index (χ4v) is 3.25. The predicted molar refractivity (Wildman–Crippen MR) is 126 cm³/mol. The Hall–Kier alpha value is -2.32. The van der Waals surface area contributed by atoms with Crippen LogP contribution in [0.25, 0.3) is 0 Å². The van der Waals surface area contributed by atoms with Crippen molar-refractivity contribution in [2.24, 2.45) is 11.3 Å². The molecule has 0 aliphatic heterocycles. The second kappa shape index (κ2) is 17.2. The highest BCUT2D eigenvalue weighted by Gasteiger charge is 2.31. The van der Waals surface area contributed by atoms with Gasteiger partial charge >= 0.3 is 18.0 Å². The van der Waals surface area contributed by atoms with Gasteiger partial charge in [-0.25, -0.2) is 4.79 Å². The summed E-state index contributed by atoms with van der Waals surface area (Å²) in [5, 5.41) is 14.4. The van der Waals surface area contributed by atoms with Gasteiger partial charge in [-0.05, 0) is 18.8 Å². The van der Waals surface area contributed by atoms with E-state index in [-0.39, 0.29) is 32.1 Å². The average Bonchev–Trinajstić information content (AvgIpc) is 2.72. The number of ether oxygens (including phenoxy) is 2. The average molecular weight is 473 g/mol. The number of carboxylic acids is 1. The van der Waals surface area contributed by atoms with Crippen molar-refractivity contribution < 1.29 is 33.8 Å². The molecule has 2 amide bonds. The molecular weight excluding hydrogens is 428 g/mol. The highest BCUT2D eigenvalue weighted by atomic mass is 16.6. The Morgan fingerprint density at radius 2 is 1.52 bits per heavy atom. The molecule has 0 aliphatic rings. The molecule has 2 atom stereocenters. The van der Waals surface area contributed by atoms with Crippen LogP contribution in [0, 0.1) is 11.3 Å². The van der Waals surface area contributed by atoms with Gasteiger partial charge in [-0.1, -0.05) is 72.6 Å². The summed E-state index contributed by atoms with van der Waals surface area (Å²) < 4.78 is 9.91. The van der Waals surface area contributed by atoms with Crippen LogP contribution in [-0.4, -0.2) is 54.8 Å². The minimum atomic E-state index is -1.01. The molecule has 0 saturated carbocycles. The van der Waals surface area contributed by atoms with Gasteiger partial charge in [0.05, 0.1) is 19.1 Å². The van der Waals surface area contributed by atoms with Crippen molar-refractivity contribution in [1.29, 1.82) is 0 Å². The first-order valence-electron chi connectivity index (χ1n) is 12.1. The zero-order valence-electron chi connectivity index (χ0n) is 21.0. The zero-order valence-corrected chi connectivity index (χ0v) is 21.0. The van der Waals surface area contributed by atoms with Crippen LogP contribution in [0.3, 0.4) is 0 Å². The van der Waals surface area contributed by atoms with E-state index >= 15 is 0 Å². The van der Waals surface area contributed by atoms with Gasteiger partial charge in [0, 0.05) is 5.92 Å². The molecule has 0 fully saturated rings. The lowest BCUT2D eigenvalue weighted by atomic mass is 9.86. The molecule has 0 aliphatic carbocycles. The van der Waals surface area contributed by atoms with E-state index in [4.69, 9.17) is 9.47 Å². The third-order valence-corrected chi connectivity index (χ3v) is 5.37. The van der Waals surface area contributed by atoms with Crippen LogP contribution in [0.1, 0.15) is 92.4 Å². The van der Waals surface area contributed by atoms with E-state index in [9.17, 15) is 24.3 Å². The second-order valence-electron chi connectivity index (χ2n) is 9.39. The summed E-state index contributed by atoms with van der Waals surface area (Å²) in [5.41, 5.74) is -0.440. The number of nitrogens with one attached hydrogen (secondary N) is 2. The fraction of sp³-hybridized carbons (Fsp3) is 0.833. The van der Waals surface area contributed by atoms with E-state index in [0.29, 0.717) is 6.42 Å². The third-order valence-electron chi connectivity index (χ3n) is 5.37. The first-order chi connectivity index (χ1) is 15.5. The van der Waals surface area contributed by atoms with E-state index in [1.807, 2.05) is 20.8 Å². The van der Waals surface area contributed by atoms with E-state index in [0.717, 1.165) is 25.7 Å². The molecule has 33 heavy (non-hydrogen) atoms. The van der Waals surface area contributed by atoms with Gasteiger partial charge in [-0.3, -0.25) is 14.4 Å². The van der Waals surface area contributed by atoms with E-state index in [1.165, 1.54) is 19.3 Å². The minimum Gasteiger partial charge on any atom is -0.481 e. The van der Waals surface area contributed by atoms with E-state index in [2.05, 4.69) is 17.6 Å². The molecule has 0 saturated heterocycles.